The molecule has 0 spiro atoms. The topological polar surface area (TPSA) is 55.1 Å². The number of nitrogens with two attached hydrogens (primary N) is 1. The lowest BCUT2D eigenvalue weighted by atomic mass is 10.0. The molecule has 0 aliphatic heterocycles. The highest BCUT2D eigenvalue weighted by molar-refractivity contribution is 5.82. The monoisotopic (exact) mass is 238 g/mol. The van der Waals surface area contributed by atoms with Crippen LogP contribution in [0.1, 0.15) is 32.4 Å². The van der Waals surface area contributed by atoms with Crippen molar-refractivity contribution in [3.63, 3.8) is 0 Å². The molecular weight excluding hydrogens is 219 g/mol. The van der Waals surface area contributed by atoms with Gasteiger partial charge in [0, 0.05) is 0 Å². The molecule has 17 heavy (non-hydrogen) atoms. The molecule has 0 heterocycles. The molecule has 0 aliphatic rings. The SMILES string of the molecule is CC(NC(=O)[C@@H](N)C(C)C)c1ccc(F)cc1. The summed E-state index contributed by atoms with van der Waals surface area (Å²) in [6, 6.07) is 5.37. The van der Waals surface area contributed by atoms with Gasteiger partial charge in [-0.05, 0) is 30.5 Å². The summed E-state index contributed by atoms with van der Waals surface area (Å²) in [5, 5.41) is 2.81. The molecule has 0 saturated carbocycles. The second kappa shape index (κ2) is 5.77. The maximum Gasteiger partial charge on any atom is 0.237 e. The lowest BCUT2D eigenvalue weighted by molar-refractivity contribution is -0.123. The predicted octanol–water partition coefficient (Wildman–Crippen LogP) is 1.99. The molecule has 1 amide bonds. The summed E-state index contributed by atoms with van der Waals surface area (Å²) >= 11 is 0. The summed E-state index contributed by atoms with van der Waals surface area (Å²) in [6.45, 7) is 5.64. The van der Waals surface area contributed by atoms with E-state index in [1.165, 1.54) is 12.1 Å². The Morgan fingerprint density at radius 3 is 2.24 bits per heavy atom. The van der Waals surface area contributed by atoms with E-state index in [1.54, 1.807) is 12.1 Å². The summed E-state index contributed by atoms with van der Waals surface area (Å²) in [5.41, 5.74) is 6.60. The number of benzene rings is 1. The summed E-state index contributed by atoms with van der Waals surface area (Å²) in [7, 11) is 0. The van der Waals surface area contributed by atoms with Crippen molar-refractivity contribution in [2.45, 2.75) is 32.9 Å². The first-order valence-corrected chi connectivity index (χ1v) is 5.73. The average molecular weight is 238 g/mol. The van der Waals surface area contributed by atoms with Gasteiger partial charge in [-0.2, -0.15) is 0 Å². The zero-order valence-electron chi connectivity index (χ0n) is 10.4. The van der Waals surface area contributed by atoms with E-state index < -0.39 is 6.04 Å². The van der Waals surface area contributed by atoms with Gasteiger partial charge < -0.3 is 11.1 Å². The number of carbonyl (C=O) groups is 1. The molecule has 1 aromatic carbocycles. The van der Waals surface area contributed by atoms with Gasteiger partial charge in [-0.3, -0.25) is 4.79 Å². The average Bonchev–Trinajstić information content (AvgIpc) is 2.28. The van der Waals surface area contributed by atoms with Crippen LogP contribution in [0.4, 0.5) is 4.39 Å². The highest BCUT2D eigenvalue weighted by Crippen LogP contribution is 2.13. The Balaban J connectivity index is 2.63. The minimum atomic E-state index is -0.516. The van der Waals surface area contributed by atoms with Crippen molar-refractivity contribution in [3.8, 4) is 0 Å². The standard InChI is InChI=1S/C13H19FN2O/c1-8(2)12(15)13(17)16-9(3)10-4-6-11(14)7-5-10/h4-9,12H,15H2,1-3H3,(H,16,17)/t9?,12-/m0/s1. The molecule has 0 bridgehead atoms. The molecule has 0 aliphatic carbocycles. The fourth-order valence-corrected chi connectivity index (χ4v) is 1.45. The van der Waals surface area contributed by atoms with Crippen LogP contribution in [0.5, 0.6) is 0 Å². The van der Waals surface area contributed by atoms with Crippen molar-refractivity contribution in [3.05, 3.63) is 35.6 Å². The minimum absolute atomic E-state index is 0.0930. The van der Waals surface area contributed by atoms with E-state index in [-0.39, 0.29) is 23.7 Å². The van der Waals surface area contributed by atoms with Crippen molar-refractivity contribution in [1.29, 1.82) is 0 Å². The van der Waals surface area contributed by atoms with E-state index in [2.05, 4.69) is 5.32 Å². The highest BCUT2D eigenvalue weighted by Gasteiger charge is 2.19. The minimum Gasteiger partial charge on any atom is -0.348 e. The third-order valence-electron chi connectivity index (χ3n) is 2.75. The number of hydrogen-bond acceptors (Lipinski definition) is 2. The maximum atomic E-state index is 12.7. The number of nitrogens with one attached hydrogen (secondary N) is 1. The van der Waals surface area contributed by atoms with Gasteiger partial charge >= 0.3 is 0 Å². The molecule has 3 N–H and O–H groups in total. The van der Waals surface area contributed by atoms with Crippen LogP contribution in [0.3, 0.4) is 0 Å². The van der Waals surface area contributed by atoms with Gasteiger partial charge in [-0.1, -0.05) is 26.0 Å². The van der Waals surface area contributed by atoms with Gasteiger partial charge in [0.15, 0.2) is 0 Å². The quantitative estimate of drug-likeness (QED) is 0.842. The zero-order valence-corrected chi connectivity index (χ0v) is 10.4. The Hall–Kier alpha value is -1.42. The second-order valence-corrected chi connectivity index (χ2v) is 4.55. The van der Waals surface area contributed by atoms with E-state index >= 15 is 0 Å². The van der Waals surface area contributed by atoms with E-state index in [4.69, 9.17) is 5.73 Å². The van der Waals surface area contributed by atoms with Crippen LogP contribution in [0, 0.1) is 11.7 Å². The van der Waals surface area contributed by atoms with Crippen LogP contribution in [0.15, 0.2) is 24.3 Å². The van der Waals surface area contributed by atoms with E-state index in [0.717, 1.165) is 5.56 Å². The van der Waals surface area contributed by atoms with Crippen LogP contribution in [0.2, 0.25) is 0 Å². The largest absolute Gasteiger partial charge is 0.348 e. The molecule has 0 saturated heterocycles. The molecule has 0 radical (unpaired) electrons. The van der Waals surface area contributed by atoms with Gasteiger partial charge in [0.25, 0.3) is 0 Å². The normalized spacial score (nSPS) is 14.5. The summed E-state index contributed by atoms with van der Waals surface area (Å²) in [5.74, 6) is -0.376. The summed E-state index contributed by atoms with van der Waals surface area (Å²) < 4.78 is 12.7. The van der Waals surface area contributed by atoms with Crippen LogP contribution < -0.4 is 11.1 Å². The van der Waals surface area contributed by atoms with E-state index in [0.29, 0.717) is 0 Å². The van der Waals surface area contributed by atoms with Crippen molar-refractivity contribution in [2.24, 2.45) is 11.7 Å². The van der Waals surface area contributed by atoms with Gasteiger partial charge in [0.05, 0.1) is 12.1 Å². The molecule has 3 nitrogen and oxygen atoms in total. The number of amides is 1. The van der Waals surface area contributed by atoms with Gasteiger partial charge in [0.2, 0.25) is 5.91 Å². The molecule has 0 fully saturated rings. The number of carbonyl (C=O) groups excluding carboxylic acids is 1. The van der Waals surface area contributed by atoms with Gasteiger partial charge in [-0.15, -0.1) is 0 Å². The van der Waals surface area contributed by atoms with Crippen LogP contribution >= 0.6 is 0 Å². The molecule has 2 atom stereocenters. The Bertz CT molecular complexity index is 376. The van der Waals surface area contributed by atoms with E-state index in [1.807, 2.05) is 20.8 Å². The molecule has 1 aromatic rings. The Morgan fingerprint density at radius 2 is 1.76 bits per heavy atom. The first kappa shape index (κ1) is 13.6. The fourth-order valence-electron chi connectivity index (χ4n) is 1.45. The first-order chi connectivity index (χ1) is 7.91. The predicted molar refractivity (Wildman–Crippen MR) is 65.8 cm³/mol. The van der Waals surface area contributed by atoms with Crippen molar-refractivity contribution >= 4 is 5.91 Å². The van der Waals surface area contributed by atoms with Crippen LogP contribution in [0.25, 0.3) is 0 Å². The van der Waals surface area contributed by atoms with Gasteiger partial charge in [0.1, 0.15) is 5.82 Å². The van der Waals surface area contributed by atoms with Crippen LogP contribution in [-0.2, 0) is 4.79 Å². The van der Waals surface area contributed by atoms with Crippen LogP contribution in [-0.4, -0.2) is 11.9 Å². The molecule has 0 aromatic heterocycles. The summed E-state index contributed by atoms with van der Waals surface area (Å²) in [6.07, 6.45) is 0. The zero-order chi connectivity index (χ0) is 13.0. The Labute approximate surface area is 101 Å². The molecular formula is C13H19FN2O. The molecule has 94 valence electrons. The Kier molecular flexibility index (Phi) is 4.63. The molecule has 4 heteroatoms. The molecule has 1 rings (SSSR count). The van der Waals surface area contributed by atoms with Crippen molar-refractivity contribution < 1.29 is 9.18 Å². The number of rotatable bonds is 4. The van der Waals surface area contributed by atoms with Crippen molar-refractivity contribution in [1.82, 2.24) is 5.32 Å². The fraction of sp³-hybridized carbons (Fsp3) is 0.462. The first-order valence-electron chi connectivity index (χ1n) is 5.73. The lowest BCUT2D eigenvalue weighted by Gasteiger charge is -2.19. The lowest BCUT2D eigenvalue weighted by Crippen LogP contribution is -2.44. The Morgan fingerprint density at radius 1 is 1.24 bits per heavy atom. The smallest absolute Gasteiger partial charge is 0.237 e. The summed E-state index contributed by atoms with van der Waals surface area (Å²) in [4.78, 5) is 11.7. The highest BCUT2D eigenvalue weighted by atomic mass is 19.1. The third kappa shape index (κ3) is 3.82. The number of hydrogen-bond donors (Lipinski definition) is 2. The van der Waals surface area contributed by atoms with E-state index in [9.17, 15) is 9.18 Å². The second-order valence-electron chi connectivity index (χ2n) is 4.55. The maximum absolute atomic E-state index is 12.7. The molecule has 1 unspecified atom stereocenters. The third-order valence-corrected chi connectivity index (χ3v) is 2.75. The van der Waals surface area contributed by atoms with Gasteiger partial charge in [-0.25, -0.2) is 4.39 Å². The van der Waals surface area contributed by atoms with Crippen molar-refractivity contribution in [2.75, 3.05) is 0 Å². The number of halogens is 1.